The molecule has 0 unspecified atom stereocenters. The topological polar surface area (TPSA) is 43.1 Å². The van der Waals surface area contributed by atoms with Crippen LogP contribution >= 0.6 is 0 Å². The van der Waals surface area contributed by atoms with Crippen LogP contribution in [-0.4, -0.2) is 5.91 Å². The van der Waals surface area contributed by atoms with Gasteiger partial charge in [-0.3, -0.25) is 4.79 Å². The molecule has 14 heavy (non-hydrogen) atoms. The van der Waals surface area contributed by atoms with Crippen LogP contribution in [0.25, 0.3) is 0 Å². The minimum atomic E-state index is -0.356. The van der Waals surface area contributed by atoms with Crippen molar-refractivity contribution < 1.29 is 9.18 Å². The van der Waals surface area contributed by atoms with Gasteiger partial charge in [-0.1, -0.05) is 18.2 Å². The lowest BCUT2D eigenvalue weighted by molar-refractivity contribution is -0.118. The molecule has 0 radical (unpaired) electrons. The van der Waals surface area contributed by atoms with E-state index in [9.17, 15) is 9.18 Å². The zero-order chi connectivity index (χ0) is 10.2. The minimum absolute atomic E-state index is 0.230. The highest BCUT2D eigenvalue weighted by molar-refractivity contribution is 5.76. The van der Waals surface area contributed by atoms with Crippen molar-refractivity contribution in [2.45, 2.75) is 24.7 Å². The molecule has 1 aromatic rings. The summed E-state index contributed by atoms with van der Waals surface area (Å²) < 4.78 is 13.4. The Morgan fingerprint density at radius 2 is 2.07 bits per heavy atom. The predicted molar refractivity (Wildman–Crippen MR) is 51.1 cm³/mol. The summed E-state index contributed by atoms with van der Waals surface area (Å²) in [5, 5.41) is 0. The Morgan fingerprint density at radius 1 is 1.43 bits per heavy atom. The first-order valence-electron chi connectivity index (χ1n) is 4.67. The number of benzene rings is 1. The van der Waals surface area contributed by atoms with E-state index < -0.39 is 0 Å². The maximum absolute atomic E-state index is 13.4. The minimum Gasteiger partial charge on any atom is -0.370 e. The van der Waals surface area contributed by atoms with E-state index in [0.29, 0.717) is 5.56 Å². The fourth-order valence-electron chi connectivity index (χ4n) is 1.92. The van der Waals surface area contributed by atoms with Crippen LogP contribution < -0.4 is 5.73 Å². The van der Waals surface area contributed by atoms with E-state index in [-0.39, 0.29) is 23.6 Å². The van der Waals surface area contributed by atoms with Gasteiger partial charge in [0.15, 0.2) is 0 Å². The van der Waals surface area contributed by atoms with Crippen LogP contribution in [0.15, 0.2) is 24.3 Å². The monoisotopic (exact) mass is 193 g/mol. The highest BCUT2D eigenvalue weighted by Crippen LogP contribution is 2.51. The highest BCUT2D eigenvalue weighted by Gasteiger charge is 2.46. The molecule has 1 saturated carbocycles. The molecule has 2 nitrogen and oxygen atoms in total. The number of carbonyl (C=O) groups is 1. The van der Waals surface area contributed by atoms with Gasteiger partial charge in [0.1, 0.15) is 5.82 Å². The Kier molecular flexibility index (Phi) is 2.02. The van der Waals surface area contributed by atoms with Crippen LogP contribution in [0.2, 0.25) is 0 Å². The number of nitrogens with two attached hydrogens (primary N) is 1. The van der Waals surface area contributed by atoms with Gasteiger partial charge in [-0.05, 0) is 24.5 Å². The Morgan fingerprint density at radius 3 is 2.57 bits per heavy atom. The number of halogens is 1. The number of carbonyl (C=O) groups excluding carboxylic acids is 1. The lowest BCUT2D eigenvalue weighted by atomic mass is 9.92. The van der Waals surface area contributed by atoms with Crippen LogP contribution in [0.3, 0.4) is 0 Å². The molecule has 2 rings (SSSR count). The van der Waals surface area contributed by atoms with Gasteiger partial charge in [0, 0.05) is 11.8 Å². The molecule has 2 N–H and O–H groups in total. The molecule has 0 aromatic heterocycles. The third-order valence-corrected chi connectivity index (χ3v) is 2.81. The molecule has 0 bridgehead atoms. The number of amides is 1. The van der Waals surface area contributed by atoms with Gasteiger partial charge in [0.05, 0.1) is 0 Å². The van der Waals surface area contributed by atoms with Crippen LogP contribution in [-0.2, 0) is 10.2 Å². The average Bonchev–Trinajstić information content (AvgIpc) is 2.85. The normalized spacial score (nSPS) is 17.8. The molecule has 0 heterocycles. The van der Waals surface area contributed by atoms with Gasteiger partial charge >= 0.3 is 0 Å². The first-order chi connectivity index (χ1) is 6.64. The number of primary amides is 1. The summed E-state index contributed by atoms with van der Waals surface area (Å²) in [5.74, 6) is -0.586. The lowest BCUT2D eigenvalue weighted by Gasteiger charge is -2.13. The number of rotatable bonds is 3. The van der Waals surface area contributed by atoms with Crippen LogP contribution in [0, 0.1) is 5.82 Å². The summed E-state index contributed by atoms with van der Waals surface area (Å²) in [7, 11) is 0. The van der Waals surface area contributed by atoms with E-state index in [4.69, 9.17) is 5.73 Å². The summed E-state index contributed by atoms with van der Waals surface area (Å²) in [4.78, 5) is 10.8. The van der Waals surface area contributed by atoms with Crippen molar-refractivity contribution in [3.05, 3.63) is 35.6 Å². The molecular weight excluding hydrogens is 181 g/mol. The molecule has 1 amide bonds. The third kappa shape index (κ3) is 1.50. The Labute approximate surface area is 81.9 Å². The fraction of sp³-hybridized carbons (Fsp3) is 0.364. The third-order valence-electron chi connectivity index (χ3n) is 2.81. The van der Waals surface area contributed by atoms with E-state index in [2.05, 4.69) is 0 Å². The maximum atomic E-state index is 13.4. The second kappa shape index (κ2) is 3.08. The van der Waals surface area contributed by atoms with Crippen molar-refractivity contribution in [3.63, 3.8) is 0 Å². The van der Waals surface area contributed by atoms with Crippen LogP contribution in [0.5, 0.6) is 0 Å². The largest absolute Gasteiger partial charge is 0.370 e. The second-order valence-electron chi connectivity index (χ2n) is 3.90. The van der Waals surface area contributed by atoms with E-state index in [1.165, 1.54) is 6.07 Å². The van der Waals surface area contributed by atoms with Crippen molar-refractivity contribution >= 4 is 5.91 Å². The van der Waals surface area contributed by atoms with E-state index in [0.717, 1.165) is 12.8 Å². The number of hydrogen-bond donors (Lipinski definition) is 1. The molecule has 1 aliphatic rings. The molecule has 3 heteroatoms. The molecule has 1 aliphatic carbocycles. The maximum Gasteiger partial charge on any atom is 0.218 e. The quantitative estimate of drug-likeness (QED) is 0.780. The van der Waals surface area contributed by atoms with Crippen molar-refractivity contribution in [3.8, 4) is 0 Å². The summed E-state index contributed by atoms with van der Waals surface area (Å²) in [6.45, 7) is 0. The van der Waals surface area contributed by atoms with Crippen LogP contribution in [0.4, 0.5) is 4.39 Å². The van der Waals surface area contributed by atoms with Gasteiger partial charge < -0.3 is 5.73 Å². The summed E-state index contributed by atoms with van der Waals surface area (Å²) in [5.41, 5.74) is 5.49. The summed E-state index contributed by atoms with van der Waals surface area (Å²) in [6, 6.07) is 6.61. The molecular formula is C11H12FNO. The van der Waals surface area contributed by atoms with Gasteiger partial charge in [-0.25, -0.2) is 4.39 Å². The van der Waals surface area contributed by atoms with Crippen LogP contribution in [0.1, 0.15) is 24.8 Å². The molecule has 74 valence electrons. The zero-order valence-electron chi connectivity index (χ0n) is 7.79. The molecule has 0 aliphatic heterocycles. The SMILES string of the molecule is NC(=O)CC1(c2ccccc2F)CC1. The van der Waals surface area contributed by atoms with E-state index in [1.54, 1.807) is 18.2 Å². The van der Waals surface area contributed by atoms with Gasteiger partial charge in [0.2, 0.25) is 5.91 Å². The van der Waals surface area contributed by atoms with Crippen molar-refractivity contribution in [2.75, 3.05) is 0 Å². The molecule has 0 spiro atoms. The molecule has 1 fully saturated rings. The zero-order valence-corrected chi connectivity index (χ0v) is 7.79. The van der Waals surface area contributed by atoms with E-state index >= 15 is 0 Å². The van der Waals surface area contributed by atoms with E-state index in [1.807, 2.05) is 0 Å². The van der Waals surface area contributed by atoms with Gasteiger partial charge in [-0.15, -0.1) is 0 Å². The fourth-order valence-corrected chi connectivity index (χ4v) is 1.92. The second-order valence-corrected chi connectivity index (χ2v) is 3.90. The van der Waals surface area contributed by atoms with Crippen molar-refractivity contribution in [1.29, 1.82) is 0 Å². The Balaban J connectivity index is 2.31. The number of hydrogen-bond acceptors (Lipinski definition) is 1. The lowest BCUT2D eigenvalue weighted by Crippen LogP contribution is -2.20. The highest BCUT2D eigenvalue weighted by atomic mass is 19.1. The summed E-state index contributed by atoms with van der Waals surface area (Å²) >= 11 is 0. The molecule has 1 aromatic carbocycles. The molecule has 0 atom stereocenters. The first kappa shape index (κ1) is 9.19. The molecule has 0 saturated heterocycles. The predicted octanol–water partition coefficient (Wildman–Crippen LogP) is 1.73. The van der Waals surface area contributed by atoms with Gasteiger partial charge in [0.25, 0.3) is 0 Å². The Hall–Kier alpha value is -1.38. The van der Waals surface area contributed by atoms with Gasteiger partial charge in [-0.2, -0.15) is 0 Å². The van der Waals surface area contributed by atoms with Crippen molar-refractivity contribution in [1.82, 2.24) is 0 Å². The average molecular weight is 193 g/mol. The smallest absolute Gasteiger partial charge is 0.218 e. The Bertz CT molecular complexity index is 371. The van der Waals surface area contributed by atoms with Crippen molar-refractivity contribution in [2.24, 2.45) is 5.73 Å². The first-order valence-corrected chi connectivity index (χ1v) is 4.67. The standard InChI is InChI=1S/C11H12FNO/c12-9-4-2-1-3-8(9)11(5-6-11)7-10(13)14/h1-4H,5-7H2,(H2,13,14). The summed E-state index contributed by atoms with van der Waals surface area (Å²) in [6.07, 6.45) is 1.97.